The largest absolute Gasteiger partial charge is 0.465 e. The lowest BCUT2D eigenvalue weighted by atomic mass is 10.1. The fraction of sp³-hybridized carbons (Fsp3) is 0.462. The zero-order chi connectivity index (χ0) is 12.7. The van der Waals surface area contributed by atoms with Gasteiger partial charge in [0.15, 0.2) is 0 Å². The zero-order valence-corrected chi connectivity index (χ0v) is 10.7. The van der Waals surface area contributed by atoms with Gasteiger partial charge < -0.3 is 15.0 Å². The Labute approximate surface area is 103 Å². The SMILES string of the molecule is COC(=O)c1ccc(CNCCN(C)C)cc1. The maximum Gasteiger partial charge on any atom is 0.337 e. The Kier molecular flexibility index (Phi) is 5.66. The quantitative estimate of drug-likeness (QED) is 0.594. The molecule has 0 aliphatic rings. The van der Waals surface area contributed by atoms with Crippen LogP contribution in [0.2, 0.25) is 0 Å². The molecule has 4 nitrogen and oxygen atoms in total. The van der Waals surface area contributed by atoms with Crippen molar-refractivity contribution in [1.82, 2.24) is 10.2 Å². The van der Waals surface area contributed by atoms with E-state index in [4.69, 9.17) is 0 Å². The van der Waals surface area contributed by atoms with Crippen molar-refractivity contribution in [3.05, 3.63) is 35.4 Å². The Morgan fingerprint density at radius 1 is 1.29 bits per heavy atom. The molecule has 1 rings (SSSR count). The summed E-state index contributed by atoms with van der Waals surface area (Å²) >= 11 is 0. The minimum Gasteiger partial charge on any atom is -0.465 e. The third kappa shape index (κ3) is 4.97. The van der Waals surface area contributed by atoms with E-state index in [1.54, 1.807) is 12.1 Å². The van der Waals surface area contributed by atoms with E-state index >= 15 is 0 Å². The van der Waals surface area contributed by atoms with Gasteiger partial charge in [-0.1, -0.05) is 12.1 Å². The third-order valence-electron chi connectivity index (χ3n) is 2.44. The van der Waals surface area contributed by atoms with E-state index in [-0.39, 0.29) is 5.97 Å². The normalized spacial score (nSPS) is 10.6. The highest BCUT2D eigenvalue weighted by molar-refractivity contribution is 5.89. The highest BCUT2D eigenvalue weighted by Gasteiger charge is 2.03. The molecule has 1 aromatic rings. The number of likely N-dealkylation sites (N-methyl/N-ethyl adjacent to an activating group) is 1. The van der Waals surface area contributed by atoms with Gasteiger partial charge in [-0.2, -0.15) is 0 Å². The van der Waals surface area contributed by atoms with Crippen LogP contribution in [0.5, 0.6) is 0 Å². The molecule has 0 unspecified atom stereocenters. The van der Waals surface area contributed by atoms with E-state index < -0.39 is 0 Å². The summed E-state index contributed by atoms with van der Waals surface area (Å²) < 4.78 is 4.64. The highest BCUT2D eigenvalue weighted by Crippen LogP contribution is 2.05. The number of hydrogen-bond acceptors (Lipinski definition) is 4. The molecule has 4 heteroatoms. The van der Waals surface area contributed by atoms with E-state index in [0.29, 0.717) is 5.56 Å². The van der Waals surface area contributed by atoms with Crippen LogP contribution in [0.3, 0.4) is 0 Å². The second-order valence-electron chi connectivity index (χ2n) is 4.17. The van der Waals surface area contributed by atoms with Crippen molar-refractivity contribution >= 4 is 5.97 Å². The minimum absolute atomic E-state index is 0.294. The lowest BCUT2D eigenvalue weighted by molar-refractivity contribution is 0.0600. The molecule has 0 spiro atoms. The molecule has 0 aliphatic heterocycles. The van der Waals surface area contributed by atoms with E-state index in [2.05, 4.69) is 15.0 Å². The van der Waals surface area contributed by atoms with Crippen LogP contribution in [-0.4, -0.2) is 45.2 Å². The van der Waals surface area contributed by atoms with Crippen LogP contribution in [0, 0.1) is 0 Å². The second kappa shape index (κ2) is 7.04. The van der Waals surface area contributed by atoms with Gasteiger partial charge in [-0.15, -0.1) is 0 Å². The van der Waals surface area contributed by atoms with Crippen molar-refractivity contribution in [2.45, 2.75) is 6.54 Å². The van der Waals surface area contributed by atoms with Crippen LogP contribution in [0.4, 0.5) is 0 Å². The van der Waals surface area contributed by atoms with Crippen molar-refractivity contribution in [3.8, 4) is 0 Å². The molecule has 0 saturated heterocycles. The third-order valence-corrected chi connectivity index (χ3v) is 2.44. The van der Waals surface area contributed by atoms with Gasteiger partial charge in [0, 0.05) is 19.6 Å². The van der Waals surface area contributed by atoms with Gasteiger partial charge in [0.25, 0.3) is 0 Å². The van der Waals surface area contributed by atoms with Crippen LogP contribution < -0.4 is 5.32 Å². The van der Waals surface area contributed by atoms with Crippen molar-refractivity contribution in [3.63, 3.8) is 0 Å². The average molecular weight is 236 g/mol. The topological polar surface area (TPSA) is 41.6 Å². The first kappa shape index (κ1) is 13.7. The fourth-order valence-corrected chi connectivity index (χ4v) is 1.41. The molecule has 1 N–H and O–H groups in total. The first-order chi connectivity index (χ1) is 8.13. The number of carbonyl (C=O) groups excluding carboxylic acids is 1. The van der Waals surface area contributed by atoms with Gasteiger partial charge in [0.1, 0.15) is 0 Å². The summed E-state index contributed by atoms with van der Waals surface area (Å²) in [6.07, 6.45) is 0. The number of nitrogens with zero attached hydrogens (tertiary/aromatic N) is 1. The fourth-order valence-electron chi connectivity index (χ4n) is 1.41. The average Bonchev–Trinajstić information content (AvgIpc) is 2.34. The number of nitrogens with one attached hydrogen (secondary N) is 1. The molecule has 1 aromatic carbocycles. The van der Waals surface area contributed by atoms with E-state index in [9.17, 15) is 4.79 Å². The van der Waals surface area contributed by atoms with Gasteiger partial charge in [-0.25, -0.2) is 4.79 Å². The number of methoxy groups -OCH3 is 1. The number of benzene rings is 1. The number of esters is 1. The molecule has 0 bridgehead atoms. The highest BCUT2D eigenvalue weighted by atomic mass is 16.5. The van der Waals surface area contributed by atoms with Crippen molar-refractivity contribution in [2.24, 2.45) is 0 Å². The summed E-state index contributed by atoms with van der Waals surface area (Å²) in [5, 5.41) is 3.34. The number of carbonyl (C=O) groups is 1. The summed E-state index contributed by atoms with van der Waals surface area (Å²) in [5.41, 5.74) is 1.75. The Balaban J connectivity index is 2.38. The van der Waals surface area contributed by atoms with Crippen LogP contribution in [0.1, 0.15) is 15.9 Å². The van der Waals surface area contributed by atoms with Crippen LogP contribution in [-0.2, 0) is 11.3 Å². The number of ether oxygens (including phenoxy) is 1. The summed E-state index contributed by atoms with van der Waals surface area (Å²) in [6.45, 7) is 2.78. The Morgan fingerprint density at radius 3 is 2.47 bits per heavy atom. The minimum atomic E-state index is -0.294. The molecule has 94 valence electrons. The second-order valence-corrected chi connectivity index (χ2v) is 4.17. The van der Waals surface area contributed by atoms with Crippen LogP contribution in [0.15, 0.2) is 24.3 Å². The summed E-state index contributed by atoms with van der Waals surface area (Å²) in [7, 11) is 5.48. The monoisotopic (exact) mass is 236 g/mol. The maximum atomic E-state index is 11.2. The first-order valence-electron chi connectivity index (χ1n) is 5.66. The van der Waals surface area contributed by atoms with Gasteiger partial charge in [-0.05, 0) is 31.8 Å². The molecule has 0 amide bonds. The van der Waals surface area contributed by atoms with Gasteiger partial charge in [0.2, 0.25) is 0 Å². The predicted molar refractivity (Wildman–Crippen MR) is 68.0 cm³/mol. The lowest BCUT2D eigenvalue weighted by Gasteiger charge is -2.10. The lowest BCUT2D eigenvalue weighted by Crippen LogP contribution is -2.26. The Morgan fingerprint density at radius 2 is 1.94 bits per heavy atom. The van der Waals surface area contributed by atoms with Gasteiger partial charge in [0.05, 0.1) is 12.7 Å². The smallest absolute Gasteiger partial charge is 0.337 e. The molecular formula is C13H20N2O2. The molecule has 0 aliphatic carbocycles. The summed E-state index contributed by atoms with van der Waals surface area (Å²) in [6, 6.07) is 7.45. The molecule has 0 atom stereocenters. The maximum absolute atomic E-state index is 11.2. The molecule has 0 radical (unpaired) electrons. The van der Waals surface area contributed by atoms with Crippen LogP contribution in [0.25, 0.3) is 0 Å². The molecule has 0 heterocycles. The Hall–Kier alpha value is -1.39. The van der Waals surface area contributed by atoms with E-state index in [1.807, 2.05) is 26.2 Å². The van der Waals surface area contributed by atoms with Crippen LogP contribution >= 0.6 is 0 Å². The van der Waals surface area contributed by atoms with Gasteiger partial charge >= 0.3 is 5.97 Å². The van der Waals surface area contributed by atoms with Crippen molar-refractivity contribution in [2.75, 3.05) is 34.3 Å². The summed E-state index contributed by atoms with van der Waals surface area (Å²) in [4.78, 5) is 13.3. The van der Waals surface area contributed by atoms with Gasteiger partial charge in [-0.3, -0.25) is 0 Å². The standard InChI is InChI=1S/C13H20N2O2/c1-15(2)9-8-14-10-11-4-6-12(7-5-11)13(16)17-3/h4-7,14H,8-10H2,1-3H3. The van der Waals surface area contributed by atoms with E-state index in [0.717, 1.165) is 25.2 Å². The zero-order valence-electron chi connectivity index (χ0n) is 10.7. The molecular weight excluding hydrogens is 216 g/mol. The van der Waals surface area contributed by atoms with Crippen molar-refractivity contribution < 1.29 is 9.53 Å². The number of rotatable bonds is 6. The summed E-state index contributed by atoms with van der Waals surface area (Å²) in [5.74, 6) is -0.294. The van der Waals surface area contributed by atoms with E-state index in [1.165, 1.54) is 7.11 Å². The molecule has 0 saturated carbocycles. The van der Waals surface area contributed by atoms with Crippen molar-refractivity contribution in [1.29, 1.82) is 0 Å². The molecule has 17 heavy (non-hydrogen) atoms. The molecule has 0 aromatic heterocycles. The predicted octanol–water partition coefficient (Wildman–Crippen LogP) is 1.12. The first-order valence-corrected chi connectivity index (χ1v) is 5.66. The molecule has 0 fully saturated rings. The Bertz CT molecular complexity index is 347. The number of hydrogen-bond donors (Lipinski definition) is 1.